The van der Waals surface area contributed by atoms with E-state index in [2.05, 4.69) is 19.2 Å². The summed E-state index contributed by atoms with van der Waals surface area (Å²) in [4.78, 5) is 0.203. The van der Waals surface area contributed by atoms with Crippen LogP contribution in [0, 0.1) is 5.92 Å². The van der Waals surface area contributed by atoms with Crippen LogP contribution in [0.2, 0.25) is 0 Å². The molecule has 0 aliphatic carbocycles. The third-order valence-corrected chi connectivity index (χ3v) is 8.87. The molecule has 0 unspecified atom stereocenters. The molecule has 0 radical (unpaired) electrons. The molecule has 1 aromatic carbocycles. The smallest absolute Gasteiger partial charge is 0.183 e. The molecule has 0 saturated carbocycles. The third-order valence-electron chi connectivity index (χ3n) is 4.70. The molecule has 0 amide bonds. The Hall–Kier alpha value is -0.920. The fourth-order valence-corrected chi connectivity index (χ4v) is 7.80. The van der Waals surface area contributed by atoms with Crippen molar-refractivity contribution in [1.29, 1.82) is 0 Å². The topological polar surface area (TPSA) is 80.3 Å². The molecule has 5 nitrogen and oxygen atoms in total. The van der Waals surface area contributed by atoms with E-state index in [1.54, 1.807) is 12.1 Å². The maximum atomic E-state index is 13.0. The van der Waals surface area contributed by atoms with Crippen LogP contribution in [0.25, 0.3) is 0 Å². The van der Waals surface area contributed by atoms with Crippen LogP contribution in [0.4, 0.5) is 0 Å². The van der Waals surface area contributed by atoms with Crippen molar-refractivity contribution in [2.24, 2.45) is 5.92 Å². The maximum Gasteiger partial charge on any atom is 0.183 e. The van der Waals surface area contributed by atoms with Crippen LogP contribution in [0.3, 0.4) is 0 Å². The normalized spacial score (nSPS) is 23.4. The van der Waals surface area contributed by atoms with E-state index < -0.39 is 31.0 Å². The van der Waals surface area contributed by atoms with Crippen LogP contribution in [-0.4, -0.2) is 46.2 Å². The molecule has 0 spiro atoms. The molecule has 0 bridgehead atoms. The van der Waals surface area contributed by atoms with Crippen molar-refractivity contribution < 1.29 is 16.8 Å². The Morgan fingerprint density at radius 2 is 1.68 bits per heavy atom. The van der Waals surface area contributed by atoms with Gasteiger partial charge in [-0.2, -0.15) is 0 Å². The first-order chi connectivity index (χ1) is 11.5. The number of hydrogen-bond acceptors (Lipinski definition) is 5. The lowest BCUT2D eigenvalue weighted by Crippen LogP contribution is -2.43. The predicted octanol–water partition coefficient (Wildman–Crippen LogP) is 2.39. The minimum atomic E-state index is -3.69. The predicted molar refractivity (Wildman–Crippen MR) is 101 cm³/mol. The van der Waals surface area contributed by atoms with Crippen molar-refractivity contribution in [2.75, 3.05) is 18.1 Å². The van der Waals surface area contributed by atoms with E-state index in [-0.39, 0.29) is 16.4 Å². The Kier molecular flexibility index (Phi) is 6.33. The highest BCUT2D eigenvalue weighted by Crippen LogP contribution is 2.27. The number of rotatable bonds is 7. The first-order valence-corrected chi connectivity index (χ1v) is 12.2. The van der Waals surface area contributed by atoms with Crippen molar-refractivity contribution in [3.8, 4) is 0 Å². The van der Waals surface area contributed by atoms with Gasteiger partial charge >= 0.3 is 0 Å². The average molecular weight is 388 g/mol. The van der Waals surface area contributed by atoms with Gasteiger partial charge in [0.1, 0.15) is 0 Å². The second-order valence-corrected chi connectivity index (χ2v) is 11.9. The first kappa shape index (κ1) is 20.4. The van der Waals surface area contributed by atoms with Gasteiger partial charge in [-0.05, 0) is 42.5 Å². The summed E-state index contributed by atoms with van der Waals surface area (Å²) in [5.74, 6) is 0.373. The molecule has 1 aromatic rings. The molecule has 0 aromatic heterocycles. The van der Waals surface area contributed by atoms with Crippen molar-refractivity contribution in [3.05, 3.63) is 29.8 Å². The van der Waals surface area contributed by atoms with E-state index in [0.29, 0.717) is 18.4 Å². The van der Waals surface area contributed by atoms with Crippen molar-refractivity contribution in [3.63, 3.8) is 0 Å². The van der Waals surface area contributed by atoms with E-state index in [1.807, 2.05) is 26.0 Å². The van der Waals surface area contributed by atoms with E-state index in [1.165, 1.54) is 0 Å². The minimum Gasteiger partial charge on any atom is -0.312 e. The van der Waals surface area contributed by atoms with Gasteiger partial charge in [0, 0.05) is 6.04 Å². The zero-order valence-electron chi connectivity index (χ0n) is 15.4. The largest absolute Gasteiger partial charge is 0.312 e. The second-order valence-electron chi connectivity index (χ2n) is 7.63. The fraction of sp³-hybridized carbons (Fsp3) is 0.667. The minimum absolute atomic E-state index is 0.112. The third kappa shape index (κ3) is 5.05. The highest BCUT2D eigenvalue weighted by Gasteiger charge is 2.45. The lowest BCUT2D eigenvalue weighted by molar-refractivity contribution is 0.483. The summed E-state index contributed by atoms with van der Waals surface area (Å²) in [5.41, 5.74) is 1.06. The molecule has 2 rings (SSSR count). The van der Waals surface area contributed by atoms with Gasteiger partial charge in [0.25, 0.3) is 0 Å². The van der Waals surface area contributed by atoms with E-state index in [4.69, 9.17) is 0 Å². The quantitative estimate of drug-likeness (QED) is 0.777. The fourth-order valence-electron chi connectivity index (χ4n) is 3.09. The molecule has 1 saturated heterocycles. The van der Waals surface area contributed by atoms with Crippen LogP contribution in [0.1, 0.15) is 45.6 Å². The van der Waals surface area contributed by atoms with Gasteiger partial charge in [0.15, 0.2) is 19.7 Å². The zero-order valence-corrected chi connectivity index (χ0v) is 17.0. The summed E-state index contributed by atoms with van der Waals surface area (Å²) in [5, 5.41) is 2.24. The highest BCUT2D eigenvalue weighted by atomic mass is 32.2. The molecular formula is C18H29NO4S2. The van der Waals surface area contributed by atoms with Gasteiger partial charge in [-0.3, -0.25) is 0 Å². The highest BCUT2D eigenvalue weighted by molar-refractivity contribution is 7.96. The van der Waals surface area contributed by atoms with Gasteiger partial charge in [0.2, 0.25) is 0 Å². The van der Waals surface area contributed by atoms with Crippen LogP contribution in [0.5, 0.6) is 0 Å². The van der Waals surface area contributed by atoms with Gasteiger partial charge < -0.3 is 5.32 Å². The molecule has 25 heavy (non-hydrogen) atoms. The van der Waals surface area contributed by atoms with Crippen LogP contribution < -0.4 is 5.32 Å². The Balaban J connectivity index is 2.24. The summed E-state index contributed by atoms with van der Waals surface area (Å²) in [6.45, 7) is 8.87. The van der Waals surface area contributed by atoms with Crippen molar-refractivity contribution >= 4 is 19.7 Å². The van der Waals surface area contributed by atoms with Crippen molar-refractivity contribution in [2.45, 2.75) is 56.2 Å². The Morgan fingerprint density at radius 1 is 1.08 bits per heavy atom. The lowest BCUT2D eigenvalue weighted by atomic mass is 10.0. The van der Waals surface area contributed by atoms with E-state index in [9.17, 15) is 16.8 Å². The molecule has 142 valence electrons. The molecule has 1 heterocycles. The van der Waals surface area contributed by atoms with Crippen molar-refractivity contribution in [1.82, 2.24) is 5.32 Å². The maximum absolute atomic E-state index is 13.0. The standard InChI is InChI=1S/C18H29NO4S2/c1-13(2)9-10-19-17-11-24(20,21)12-18(17)25(22,23)16-7-5-15(6-8-16)14(3)4/h5-8,13-14,17-19H,9-12H2,1-4H3/t17-,18-/m0/s1. The molecule has 1 fully saturated rings. The summed E-state index contributed by atoms with van der Waals surface area (Å²) in [6, 6.07) is 6.27. The van der Waals surface area contributed by atoms with Gasteiger partial charge in [-0.1, -0.05) is 39.8 Å². The molecule has 1 aliphatic heterocycles. The molecule has 7 heteroatoms. The monoisotopic (exact) mass is 387 g/mol. The molecular weight excluding hydrogens is 358 g/mol. The lowest BCUT2D eigenvalue weighted by Gasteiger charge is -2.20. The summed E-state index contributed by atoms with van der Waals surface area (Å²) < 4.78 is 50.1. The van der Waals surface area contributed by atoms with E-state index in [0.717, 1.165) is 12.0 Å². The summed E-state index contributed by atoms with van der Waals surface area (Å²) in [6.07, 6.45) is 0.881. The number of hydrogen-bond donors (Lipinski definition) is 1. The summed E-state index contributed by atoms with van der Waals surface area (Å²) in [7, 11) is -7.04. The first-order valence-electron chi connectivity index (χ1n) is 8.80. The van der Waals surface area contributed by atoms with Gasteiger partial charge in [-0.15, -0.1) is 0 Å². The Labute approximate surface area is 152 Å². The number of nitrogens with one attached hydrogen (secondary N) is 1. The van der Waals surface area contributed by atoms with Crippen LogP contribution in [0.15, 0.2) is 29.2 Å². The number of sulfone groups is 2. The zero-order chi connectivity index (χ0) is 18.8. The number of benzene rings is 1. The Morgan fingerprint density at radius 3 is 2.20 bits per heavy atom. The van der Waals surface area contributed by atoms with Crippen LogP contribution in [-0.2, 0) is 19.7 Å². The Bertz CT molecular complexity index is 781. The SMILES string of the molecule is CC(C)CCN[C@H]1CS(=O)(=O)C[C@@H]1S(=O)(=O)c1ccc(C(C)C)cc1. The molecule has 2 atom stereocenters. The molecule has 1 N–H and O–H groups in total. The van der Waals surface area contributed by atoms with Gasteiger partial charge in [-0.25, -0.2) is 16.8 Å². The average Bonchev–Trinajstić information content (AvgIpc) is 2.82. The molecule has 1 aliphatic rings. The van der Waals surface area contributed by atoms with Gasteiger partial charge in [0.05, 0.1) is 21.7 Å². The second kappa shape index (κ2) is 7.76. The summed E-state index contributed by atoms with van der Waals surface area (Å²) >= 11 is 0. The van der Waals surface area contributed by atoms with E-state index >= 15 is 0 Å². The van der Waals surface area contributed by atoms with Crippen LogP contribution >= 0.6 is 0 Å².